The summed E-state index contributed by atoms with van der Waals surface area (Å²) in [5, 5.41) is 11.2. The van der Waals surface area contributed by atoms with Crippen molar-refractivity contribution in [1.82, 2.24) is 0 Å². The number of hydrogen-bond acceptors (Lipinski definition) is 4. The molecule has 0 fully saturated rings. The summed E-state index contributed by atoms with van der Waals surface area (Å²) < 4.78 is 32.0. The first-order valence-corrected chi connectivity index (χ1v) is 7.79. The third-order valence-electron chi connectivity index (χ3n) is 2.79. The van der Waals surface area contributed by atoms with Crippen LogP contribution in [0.25, 0.3) is 12.2 Å². The molecule has 0 amide bonds. The fraction of sp³-hybridized carbons (Fsp3) is 0. The summed E-state index contributed by atoms with van der Waals surface area (Å²) in [4.78, 5) is 9.44. The number of halogens is 1. The number of nitrogens with zero attached hydrogens (tertiary/aromatic N) is 1. The summed E-state index contributed by atoms with van der Waals surface area (Å²) in [6.07, 6.45) is 3.01. The van der Waals surface area contributed by atoms with Gasteiger partial charge in [-0.15, -0.1) is 0 Å². The summed E-state index contributed by atoms with van der Waals surface area (Å²) in [5.74, 6) is 0. The maximum atomic E-state index is 11.4. The number of nitro groups is 1. The van der Waals surface area contributed by atoms with E-state index in [2.05, 4.69) is 0 Å². The van der Waals surface area contributed by atoms with E-state index in [1.807, 2.05) is 0 Å². The number of benzene rings is 2. The maximum Gasteiger partial charge on any atom is 0.295 e. The molecular weight excluding hydrogens is 330 g/mol. The molecule has 0 unspecified atom stereocenters. The first-order chi connectivity index (χ1) is 10.3. The Kier molecular flexibility index (Phi) is 4.60. The molecule has 0 saturated carbocycles. The van der Waals surface area contributed by atoms with Crippen molar-refractivity contribution in [3.05, 3.63) is 68.7 Å². The largest absolute Gasteiger partial charge is 0.295 e. The SMILES string of the molecule is O=[N+]([O-])c1ccc(C=Cc2cccc(Cl)c2)c(S(=O)(=O)O)c1. The molecule has 0 radical (unpaired) electrons. The topological polar surface area (TPSA) is 97.5 Å². The summed E-state index contributed by atoms with van der Waals surface area (Å²) in [5.41, 5.74) is 0.424. The Morgan fingerprint density at radius 3 is 2.45 bits per heavy atom. The molecule has 0 atom stereocenters. The normalized spacial score (nSPS) is 11.7. The minimum atomic E-state index is -4.58. The Morgan fingerprint density at radius 1 is 1.14 bits per heavy atom. The lowest BCUT2D eigenvalue weighted by Gasteiger charge is -2.03. The van der Waals surface area contributed by atoms with E-state index in [1.165, 1.54) is 12.1 Å². The minimum absolute atomic E-state index is 0.132. The van der Waals surface area contributed by atoms with E-state index in [-0.39, 0.29) is 5.56 Å². The smallest absolute Gasteiger partial charge is 0.282 e. The second-order valence-electron chi connectivity index (χ2n) is 4.34. The van der Waals surface area contributed by atoms with Crippen molar-refractivity contribution in [2.24, 2.45) is 0 Å². The van der Waals surface area contributed by atoms with Crippen LogP contribution in [0.1, 0.15) is 11.1 Å². The molecule has 0 heterocycles. The number of rotatable bonds is 4. The predicted octanol–water partition coefficient (Wildman–Crippen LogP) is 3.67. The molecule has 0 bridgehead atoms. The van der Waals surface area contributed by atoms with Gasteiger partial charge in [-0.05, 0) is 29.3 Å². The Bertz CT molecular complexity index is 861. The molecule has 2 rings (SSSR count). The van der Waals surface area contributed by atoms with Gasteiger partial charge < -0.3 is 0 Å². The van der Waals surface area contributed by atoms with Gasteiger partial charge in [0, 0.05) is 17.2 Å². The molecule has 114 valence electrons. The van der Waals surface area contributed by atoms with Gasteiger partial charge in [0.2, 0.25) is 0 Å². The third kappa shape index (κ3) is 3.91. The second kappa shape index (κ2) is 6.27. The van der Waals surface area contributed by atoms with Crippen molar-refractivity contribution >= 4 is 39.6 Å². The second-order valence-corrected chi connectivity index (χ2v) is 6.17. The molecule has 0 aliphatic rings. The first-order valence-electron chi connectivity index (χ1n) is 5.97. The van der Waals surface area contributed by atoms with Crippen LogP contribution in [0.3, 0.4) is 0 Å². The molecule has 2 aromatic carbocycles. The summed E-state index contributed by atoms with van der Waals surface area (Å²) in [7, 11) is -4.58. The van der Waals surface area contributed by atoms with Crippen molar-refractivity contribution in [2.45, 2.75) is 4.90 Å². The zero-order chi connectivity index (χ0) is 16.3. The van der Waals surface area contributed by atoms with Gasteiger partial charge in [0.1, 0.15) is 4.90 Å². The fourth-order valence-electron chi connectivity index (χ4n) is 1.79. The molecule has 0 spiro atoms. The Hall–Kier alpha value is -2.22. The number of hydrogen-bond donors (Lipinski definition) is 1. The lowest BCUT2D eigenvalue weighted by molar-refractivity contribution is -0.385. The highest BCUT2D eigenvalue weighted by Gasteiger charge is 2.18. The van der Waals surface area contributed by atoms with E-state index in [0.717, 1.165) is 12.1 Å². The molecule has 0 aliphatic carbocycles. The zero-order valence-electron chi connectivity index (χ0n) is 11.0. The fourth-order valence-corrected chi connectivity index (χ4v) is 2.70. The summed E-state index contributed by atoms with van der Waals surface area (Å²) >= 11 is 5.84. The van der Waals surface area contributed by atoms with Crippen LogP contribution in [0, 0.1) is 10.1 Å². The van der Waals surface area contributed by atoms with Crippen LogP contribution in [-0.4, -0.2) is 17.9 Å². The van der Waals surface area contributed by atoms with Crippen molar-refractivity contribution < 1.29 is 17.9 Å². The van der Waals surface area contributed by atoms with Gasteiger partial charge in [0.15, 0.2) is 0 Å². The van der Waals surface area contributed by atoms with Gasteiger partial charge in [-0.3, -0.25) is 14.7 Å². The van der Waals surface area contributed by atoms with Gasteiger partial charge in [-0.1, -0.05) is 35.9 Å². The highest BCUT2D eigenvalue weighted by atomic mass is 35.5. The lowest BCUT2D eigenvalue weighted by Crippen LogP contribution is -2.02. The van der Waals surface area contributed by atoms with Crippen LogP contribution < -0.4 is 0 Å². The van der Waals surface area contributed by atoms with E-state index in [9.17, 15) is 23.1 Å². The van der Waals surface area contributed by atoms with Gasteiger partial charge in [-0.25, -0.2) is 0 Å². The number of non-ortho nitro benzene ring substituents is 1. The Labute approximate surface area is 131 Å². The molecule has 0 aromatic heterocycles. The van der Waals surface area contributed by atoms with Crippen molar-refractivity contribution in [1.29, 1.82) is 0 Å². The quantitative estimate of drug-likeness (QED) is 0.396. The average molecular weight is 340 g/mol. The van der Waals surface area contributed by atoms with E-state index >= 15 is 0 Å². The van der Waals surface area contributed by atoms with E-state index in [1.54, 1.807) is 30.3 Å². The number of nitro benzene ring substituents is 1. The van der Waals surface area contributed by atoms with E-state index in [0.29, 0.717) is 10.6 Å². The summed E-state index contributed by atoms with van der Waals surface area (Å²) in [6, 6.07) is 10.1. The molecule has 2 aromatic rings. The average Bonchev–Trinajstić information content (AvgIpc) is 2.44. The molecule has 6 nitrogen and oxygen atoms in total. The molecule has 0 aliphatic heterocycles. The van der Waals surface area contributed by atoms with Gasteiger partial charge in [0.25, 0.3) is 15.8 Å². The molecule has 1 N–H and O–H groups in total. The standard InChI is InChI=1S/C14H10ClNO5S/c15-12-3-1-2-10(8-12)4-5-11-6-7-13(16(17)18)9-14(11)22(19,20)21/h1-9H,(H,19,20,21). The Morgan fingerprint density at radius 2 is 1.86 bits per heavy atom. The van der Waals surface area contributed by atoms with Crippen LogP contribution in [0.15, 0.2) is 47.4 Å². The van der Waals surface area contributed by atoms with Crippen LogP contribution >= 0.6 is 11.6 Å². The minimum Gasteiger partial charge on any atom is -0.282 e. The molecule has 0 saturated heterocycles. The molecule has 22 heavy (non-hydrogen) atoms. The predicted molar refractivity (Wildman–Crippen MR) is 83.3 cm³/mol. The molecular formula is C14H10ClNO5S. The third-order valence-corrected chi connectivity index (χ3v) is 3.93. The van der Waals surface area contributed by atoms with Crippen LogP contribution in [0.4, 0.5) is 5.69 Å². The lowest BCUT2D eigenvalue weighted by atomic mass is 10.1. The van der Waals surface area contributed by atoms with Crippen molar-refractivity contribution in [3.63, 3.8) is 0 Å². The monoisotopic (exact) mass is 339 g/mol. The van der Waals surface area contributed by atoms with Crippen LogP contribution in [-0.2, 0) is 10.1 Å². The first kappa shape index (κ1) is 16.2. The van der Waals surface area contributed by atoms with Gasteiger partial charge in [-0.2, -0.15) is 8.42 Å². The highest BCUT2D eigenvalue weighted by molar-refractivity contribution is 7.86. The van der Waals surface area contributed by atoms with E-state index < -0.39 is 25.6 Å². The summed E-state index contributed by atoms with van der Waals surface area (Å²) in [6.45, 7) is 0. The van der Waals surface area contributed by atoms with Crippen molar-refractivity contribution in [2.75, 3.05) is 0 Å². The Balaban J connectivity index is 2.49. The molecule has 8 heteroatoms. The zero-order valence-corrected chi connectivity index (χ0v) is 12.6. The maximum absolute atomic E-state index is 11.4. The van der Waals surface area contributed by atoms with Gasteiger partial charge in [0.05, 0.1) is 4.92 Å². The van der Waals surface area contributed by atoms with Crippen LogP contribution in [0.2, 0.25) is 5.02 Å². The highest BCUT2D eigenvalue weighted by Crippen LogP contribution is 2.24. The van der Waals surface area contributed by atoms with Crippen molar-refractivity contribution in [3.8, 4) is 0 Å². The van der Waals surface area contributed by atoms with Gasteiger partial charge >= 0.3 is 0 Å². The van der Waals surface area contributed by atoms with Crippen LogP contribution in [0.5, 0.6) is 0 Å². The van der Waals surface area contributed by atoms with E-state index in [4.69, 9.17) is 11.6 Å².